The summed E-state index contributed by atoms with van der Waals surface area (Å²) in [5, 5.41) is 0. The number of halogens is 1. The van der Waals surface area contributed by atoms with Gasteiger partial charge >= 0.3 is 0 Å². The summed E-state index contributed by atoms with van der Waals surface area (Å²) in [6.07, 6.45) is 9.33. The highest BCUT2D eigenvalue weighted by Gasteiger charge is 2.03. The molecule has 0 heterocycles. The van der Waals surface area contributed by atoms with Crippen LogP contribution in [-0.2, 0) is 0 Å². The molecule has 0 saturated carbocycles. The number of carbonyl (C=O) groups is 1. The molecule has 0 fully saturated rings. The maximum absolute atomic E-state index is 11.8. The predicted molar refractivity (Wildman–Crippen MR) is 76.4 cm³/mol. The molecule has 1 rings (SSSR count). The van der Waals surface area contributed by atoms with Gasteiger partial charge in [-0.25, -0.2) is 0 Å². The zero-order valence-electron chi connectivity index (χ0n) is 10.3. The Balaban J connectivity index is 2.30. The number of benzene rings is 1. The summed E-state index contributed by atoms with van der Waals surface area (Å²) in [5.41, 5.74) is 0.801. The first-order valence-electron chi connectivity index (χ1n) is 6.17. The van der Waals surface area contributed by atoms with Crippen LogP contribution in [0.2, 0.25) is 0 Å². The second kappa shape index (κ2) is 8.24. The van der Waals surface area contributed by atoms with E-state index in [0.717, 1.165) is 22.9 Å². The fourth-order valence-corrected chi connectivity index (χ4v) is 1.82. The van der Waals surface area contributed by atoms with E-state index < -0.39 is 0 Å². The molecule has 1 aromatic rings. The fourth-order valence-electron chi connectivity index (χ4n) is 1.55. The van der Waals surface area contributed by atoms with Gasteiger partial charge in [-0.2, -0.15) is 0 Å². The van der Waals surface area contributed by atoms with Gasteiger partial charge in [0.2, 0.25) is 0 Å². The molecule has 0 amide bonds. The average molecular weight is 295 g/mol. The molecular weight excluding hydrogens is 276 g/mol. The Morgan fingerprint density at radius 1 is 1.18 bits per heavy atom. The van der Waals surface area contributed by atoms with E-state index in [4.69, 9.17) is 0 Å². The molecule has 0 aromatic heterocycles. The monoisotopic (exact) mass is 294 g/mol. The molecule has 1 aromatic carbocycles. The van der Waals surface area contributed by atoms with Crippen LogP contribution in [0, 0.1) is 0 Å². The molecular formula is C15H19BrO. The van der Waals surface area contributed by atoms with Crippen LogP contribution in [0.3, 0.4) is 0 Å². The molecule has 0 spiro atoms. The second-order valence-corrected chi connectivity index (χ2v) is 5.00. The maximum atomic E-state index is 11.8. The van der Waals surface area contributed by atoms with Gasteiger partial charge < -0.3 is 0 Å². The molecule has 1 nitrogen and oxygen atoms in total. The molecule has 0 radical (unpaired) electrons. The zero-order chi connectivity index (χ0) is 12.5. The van der Waals surface area contributed by atoms with Crippen molar-refractivity contribution in [2.45, 2.75) is 39.0 Å². The van der Waals surface area contributed by atoms with Crippen LogP contribution in [0.15, 0.2) is 40.9 Å². The van der Waals surface area contributed by atoms with Crippen molar-refractivity contribution in [1.29, 1.82) is 0 Å². The van der Waals surface area contributed by atoms with Crippen molar-refractivity contribution in [3.05, 3.63) is 46.5 Å². The van der Waals surface area contributed by atoms with E-state index in [9.17, 15) is 4.79 Å². The minimum absolute atomic E-state index is 0.220. The lowest BCUT2D eigenvalue weighted by atomic mass is 10.1. The van der Waals surface area contributed by atoms with Crippen LogP contribution in [0.1, 0.15) is 49.4 Å². The minimum atomic E-state index is 0.220. The molecule has 0 atom stereocenters. The third-order valence-corrected chi connectivity index (χ3v) is 3.12. The van der Waals surface area contributed by atoms with Crippen molar-refractivity contribution in [3.63, 3.8) is 0 Å². The zero-order valence-corrected chi connectivity index (χ0v) is 11.9. The van der Waals surface area contributed by atoms with Crippen molar-refractivity contribution in [1.82, 2.24) is 0 Å². The normalized spacial score (nSPS) is 10.9. The number of rotatable bonds is 7. The summed E-state index contributed by atoms with van der Waals surface area (Å²) >= 11 is 3.36. The van der Waals surface area contributed by atoms with E-state index in [2.05, 4.69) is 35.0 Å². The molecule has 0 aliphatic heterocycles. The predicted octanol–water partition coefficient (Wildman–Crippen LogP) is 5.16. The molecule has 0 N–H and O–H groups in total. The summed E-state index contributed by atoms with van der Waals surface area (Å²) in [6, 6.07) is 7.55. The Hall–Kier alpha value is -0.890. The van der Waals surface area contributed by atoms with Gasteiger partial charge in [-0.15, -0.1) is 0 Å². The number of hydrogen-bond donors (Lipinski definition) is 0. The smallest absolute Gasteiger partial charge is 0.163 e. The number of carbonyl (C=O) groups excluding carboxylic acids is 1. The number of allylic oxidation sites excluding steroid dienone is 2. The molecule has 0 saturated heterocycles. The maximum Gasteiger partial charge on any atom is 0.163 e. The summed E-state index contributed by atoms with van der Waals surface area (Å²) in [4.78, 5) is 11.8. The van der Waals surface area contributed by atoms with Crippen molar-refractivity contribution < 1.29 is 4.79 Å². The fraction of sp³-hybridized carbons (Fsp3) is 0.400. The number of ketones is 1. The highest BCUT2D eigenvalue weighted by Crippen LogP contribution is 2.12. The Bertz CT molecular complexity index is 365. The van der Waals surface area contributed by atoms with Gasteiger partial charge in [0.15, 0.2) is 5.78 Å². The Morgan fingerprint density at radius 3 is 2.47 bits per heavy atom. The summed E-state index contributed by atoms with van der Waals surface area (Å²) < 4.78 is 1.01. The SMILES string of the molecule is CCCC/C=C/CCC(=O)c1ccc(Br)cc1. The van der Waals surface area contributed by atoms with Crippen LogP contribution in [0.4, 0.5) is 0 Å². The first-order chi connectivity index (χ1) is 8.24. The van der Waals surface area contributed by atoms with Crippen LogP contribution in [-0.4, -0.2) is 5.78 Å². The summed E-state index contributed by atoms with van der Waals surface area (Å²) in [7, 11) is 0. The van der Waals surface area contributed by atoms with Crippen LogP contribution in [0.5, 0.6) is 0 Å². The molecule has 92 valence electrons. The van der Waals surface area contributed by atoms with Gasteiger partial charge in [-0.1, -0.05) is 60.0 Å². The van der Waals surface area contributed by atoms with E-state index in [1.165, 1.54) is 12.8 Å². The lowest BCUT2D eigenvalue weighted by Crippen LogP contribution is -1.97. The summed E-state index contributed by atoms with van der Waals surface area (Å²) in [5.74, 6) is 0.220. The van der Waals surface area contributed by atoms with Crippen LogP contribution >= 0.6 is 15.9 Å². The Labute approximate surface area is 112 Å². The molecule has 0 aliphatic carbocycles. The van der Waals surface area contributed by atoms with Crippen LogP contribution in [0.25, 0.3) is 0 Å². The number of hydrogen-bond acceptors (Lipinski definition) is 1. The van der Waals surface area contributed by atoms with Crippen molar-refractivity contribution in [2.75, 3.05) is 0 Å². The van der Waals surface area contributed by atoms with Gasteiger partial charge in [0.05, 0.1) is 0 Å². The molecule has 0 aliphatic rings. The van der Waals surface area contributed by atoms with Gasteiger partial charge in [0.25, 0.3) is 0 Å². The van der Waals surface area contributed by atoms with Gasteiger partial charge in [-0.05, 0) is 25.0 Å². The van der Waals surface area contributed by atoms with E-state index in [0.29, 0.717) is 6.42 Å². The van der Waals surface area contributed by atoms with Crippen LogP contribution < -0.4 is 0 Å². The third-order valence-electron chi connectivity index (χ3n) is 2.60. The summed E-state index contributed by atoms with van der Waals surface area (Å²) in [6.45, 7) is 2.19. The minimum Gasteiger partial charge on any atom is -0.294 e. The Morgan fingerprint density at radius 2 is 1.82 bits per heavy atom. The van der Waals surface area contributed by atoms with Gasteiger partial charge in [0, 0.05) is 16.5 Å². The van der Waals surface area contributed by atoms with Crippen molar-refractivity contribution in [2.24, 2.45) is 0 Å². The highest BCUT2D eigenvalue weighted by molar-refractivity contribution is 9.10. The largest absolute Gasteiger partial charge is 0.294 e. The van der Waals surface area contributed by atoms with Gasteiger partial charge in [0.1, 0.15) is 0 Å². The first-order valence-corrected chi connectivity index (χ1v) is 6.97. The molecule has 17 heavy (non-hydrogen) atoms. The van der Waals surface area contributed by atoms with Crippen molar-refractivity contribution in [3.8, 4) is 0 Å². The molecule has 0 unspecified atom stereocenters. The third kappa shape index (κ3) is 5.83. The quantitative estimate of drug-likeness (QED) is 0.386. The Kier molecular flexibility index (Phi) is 6.87. The number of Topliss-reactive ketones (excluding diaryl/α,β-unsaturated/α-hetero) is 1. The van der Waals surface area contributed by atoms with E-state index in [1.54, 1.807) is 0 Å². The molecule has 2 heteroatoms. The van der Waals surface area contributed by atoms with E-state index in [-0.39, 0.29) is 5.78 Å². The lowest BCUT2D eigenvalue weighted by molar-refractivity contribution is 0.0983. The average Bonchev–Trinajstić information content (AvgIpc) is 2.34. The molecule has 0 bridgehead atoms. The highest BCUT2D eigenvalue weighted by atomic mass is 79.9. The van der Waals surface area contributed by atoms with E-state index in [1.807, 2.05) is 24.3 Å². The first kappa shape index (κ1) is 14.2. The second-order valence-electron chi connectivity index (χ2n) is 4.08. The van der Waals surface area contributed by atoms with Crippen molar-refractivity contribution >= 4 is 21.7 Å². The topological polar surface area (TPSA) is 17.1 Å². The van der Waals surface area contributed by atoms with E-state index >= 15 is 0 Å². The number of unbranched alkanes of at least 4 members (excludes halogenated alkanes) is 2. The standard InChI is InChI=1S/C15H19BrO/c1-2-3-4-5-6-7-8-15(17)13-9-11-14(16)12-10-13/h5-6,9-12H,2-4,7-8H2,1H3/b6-5+. The lowest BCUT2D eigenvalue weighted by Gasteiger charge is -1.99. The van der Waals surface area contributed by atoms with Gasteiger partial charge in [-0.3, -0.25) is 4.79 Å².